The summed E-state index contributed by atoms with van der Waals surface area (Å²) in [6.07, 6.45) is 1.39. The van der Waals surface area contributed by atoms with Crippen molar-refractivity contribution < 1.29 is 14.8 Å². The third-order valence-corrected chi connectivity index (χ3v) is 3.50. The van der Waals surface area contributed by atoms with E-state index in [4.69, 9.17) is 5.11 Å². The number of carboxylic acids is 1. The highest BCUT2D eigenvalue weighted by Crippen LogP contribution is 2.30. The largest absolute Gasteiger partial charge is 0.478 e. The van der Waals surface area contributed by atoms with Gasteiger partial charge in [-0.15, -0.1) is 0 Å². The molecule has 0 bridgehead atoms. The fourth-order valence-corrected chi connectivity index (χ4v) is 2.40. The number of nitro benzene ring substituents is 1. The van der Waals surface area contributed by atoms with Crippen molar-refractivity contribution in [2.24, 2.45) is 0 Å². The Labute approximate surface area is 130 Å². The molecule has 2 aromatic heterocycles. The zero-order valence-corrected chi connectivity index (χ0v) is 12.3. The maximum Gasteiger partial charge on any atom is 0.337 e. The Morgan fingerprint density at radius 2 is 2.04 bits per heavy atom. The minimum Gasteiger partial charge on any atom is -0.478 e. The van der Waals surface area contributed by atoms with Gasteiger partial charge in [0.2, 0.25) is 0 Å². The van der Waals surface area contributed by atoms with Crippen LogP contribution in [-0.2, 0) is 0 Å². The Hall–Kier alpha value is -3.29. The predicted octanol–water partition coefficient (Wildman–Crippen LogP) is 2.62. The molecule has 0 saturated heterocycles. The number of benzene rings is 1. The van der Waals surface area contributed by atoms with Crippen LogP contribution in [0.1, 0.15) is 21.7 Å². The van der Waals surface area contributed by atoms with Gasteiger partial charge in [-0.05, 0) is 25.5 Å². The number of rotatable bonds is 3. The van der Waals surface area contributed by atoms with Gasteiger partial charge in [-0.3, -0.25) is 10.1 Å². The summed E-state index contributed by atoms with van der Waals surface area (Å²) in [7, 11) is 0. The van der Waals surface area contributed by atoms with Crippen LogP contribution in [0.25, 0.3) is 16.8 Å². The Morgan fingerprint density at radius 1 is 1.30 bits per heavy atom. The summed E-state index contributed by atoms with van der Waals surface area (Å²) in [6.45, 7) is 3.49. The van der Waals surface area contributed by atoms with Crippen LogP contribution in [0.15, 0.2) is 30.5 Å². The number of aromatic nitrogens is 3. The standard InChI is InChI=1S/C15H12N4O4/c1-8-3-4-11(19(22)23)6-12(8)14-13-5-10(15(20)21)7-18(13)17-9(2)16-14/h3-7H,1-2H3,(H,20,21). The van der Waals surface area contributed by atoms with Gasteiger partial charge in [0.15, 0.2) is 0 Å². The van der Waals surface area contributed by atoms with Gasteiger partial charge < -0.3 is 5.11 Å². The molecule has 1 aromatic carbocycles. The van der Waals surface area contributed by atoms with E-state index in [2.05, 4.69) is 10.1 Å². The molecule has 0 saturated carbocycles. The molecule has 0 radical (unpaired) electrons. The molecule has 0 atom stereocenters. The van der Waals surface area contributed by atoms with Crippen LogP contribution in [0.4, 0.5) is 5.69 Å². The molecule has 1 N–H and O–H groups in total. The van der Waals surface area contributed by atoms with Gasteiger partial charge in [0, 0.05) is 23.9 Å². The minimum absolute atomic E-state index is 0.0509. The summed E-state index contributed by atoms with van der Waals surface area (Å²) >= 11 is 0. The number of aromatic carboxylic acids is 1. The van der Waals surface area contributed by atoms with Crippen LogP contribution in [-0.4, -0.2) is 30.6 Å². The molecule has 0 aliphatic rings. The monoisotopic (exact) mass is 312 g/mol. The zero-order valence-electron chi connectivity index (χ0n) is 12.3. The summed E-state index contributed by atoms with van der Waals surface area (Å²) in [6, 6.07) is 5.95. The number of nitrogens with zero attached hydrogens (tertiary/aromatic N) is 4. The minimum atomic E-state index is -1.07. The second-order valence-corrected chi connectivity index (χ2v) is 5.13. The van der Waals surface area contributed by atoms with Crippen LogP contribution in [0.5, 0.6) is 0 Å². The molecule has 0 amide bonds. The van der Waals surface area contributed by atoms with E-state index in [1.165, 1.54) is 28.9 Å². The summed E-state index contributed by atoms with van der Waals surface area (Å²) in [4.78, 5) is 26.1. The van der Waals surface area contributed by atoms with Gasteiger partial charge in [0.25, 0.3) is 5.69 Å². The molecule has 116 valence electrons. The van der Waals surface area contributed by atoms with Gasteiger partial charge in [0.1, 0.15) is 5.82 Å². The predicted molar refractivity (Wildman–Crippen MR) is 81.5 cm³/mol. The van der Waals surface area contributed by atoms with E-state index in [1.54, 1.807) is 13.0 Å². The molecule has 23 heavy (non-hydrogen) atoms. The number of carboxylic acid groups (broad SMARTS) is 1. The number of non-ortho nitro benzene ring substituents is 1. The summed E-state index contributed by atoms with van der Waals surface area (Å²) in [5.74, 6) is -0.638. The van der Waals surface area contributed by atoms with E-state index in [-0.39, 0.29) is 11.3 Å². The maximum absolute atomic E-state index is 11.2. The van der Waals surface area contributed by atoms with Crippen molar-refractivity contribution >= 4 is 17.2 Å². The first-order valence-corrected chi connectivity index (χ1v) is 6.72. The lowest BCUT2D eigenvalue weighted by atomic mass is 10.0. The van der Waals surface area contributed by atoms with E-state index in [1.807, 2.05) is 6.92 Å². The fraction of sp³-hybridized carbons (Fsp3) is 0.133. The quantitative estimate of drug-likeness (QED) is 0.588. The summed E-state index contributed by atoms with van der Waals surface area (Å²) in [5.41, 5.74) is 2.35. The van der Waals surface area contributed by atoms with Crippen LogP contribution < -0.4 is 0 Å². The molecule has 0 unspecified atom stereocenters. The van der Waals surface area contributed by atoms with E-state index >= 15 is 0 Å². The van der Waals surface area contributed by atoms with Crippen molar-refractivity contribution in [3.8, 4) is 11.3 Å². The molecule has 0 aliphatic carbocycles. The van der Waals surface area contributed by atoms with Crippen LogP contribution >= 0.6 is 0 Å². The number of hydrogen-bond donors (Lipinski definition) is 1. The molecule has 2 heterocycles. The lowest BCUT2D eigenvalue weighted by Gasteiger charge is -2.08. The Kier molecular flexibility index (Phi) is 3.29. The third-order valence-electron chi connectivity index (χ3n) is 3.50. The number of nitro groups is 1. The zero-order chi connectivity index (χ0) is 16.7. The Morgan fingerprint density at radius 3 is 2.70 bits per heavy atom. The van der Waals surface area contributed by atoms with Crippen LogP contribution in [0.2, 0.25) is 0 Å². The molecular weight excluding hydrogens is 300 g/mol. The molecule has 8 heteroatoms. The van der Waals surface area contributed by atoms with Gasteiger partial charge in [-0.25, -0.2) is 14.3 Å². The first-order chi connectivity index (χ1) is 10.9. The summed E-state index contributed by atoms with van der Waals surface area (Å²) < 4.78 is 1.43. The van der Waals surface area contributed by atoms with Crippen LogP contribution in [0.3, 0.4) is 0 Å². The highest BCUT2D eigenvalue weighted by molar-refractivity contribution is 5.92. The fourth-order valence-electron chi connectivity index (χ4n) is 2.40. The van der Waals surface area contributed by atoms with E-state index in [0.29, 0.717) is 22.6 Å². The average Bonchev–Trinajstić information content (AvgIpc) is 2.90. The molecule has 0 aliphatic heterocycles. The highest BCUT2D eigenvalue weighted by Gasteiger charge is 2.17. The molecule has 3 rings (SSSR count). The lowest BCUT2D eigenvalue weighted by Crippen LogP contribution is -2.01. The number of fused-ring (bicyclic) bond motifs is 1. The van der Waals surface area contributed by atoms with Crippen molar-refractivity contribution in [2.75, 3.05) is 0 Å². The third kappa shape index (κ3) is 2.50. The van der Waals surface area contributed by atoms with Crippen molar-refractivity contribution in [3.05, 3.63) is 57.5 Å². The van der Waals surface area contributed by atoms with Crippen LogP contribution in [0, 0.1) is 24.0 Å². The van der Waals surface area contributed by atoms with Crippen molar-refractivity contribution in [1.29, 1.82) is 0 Å². The second kappa shape index (κ2) is 5.16. The normalized spacial score (nSPS) is 10.9. The molecule has 8 nitrogen and oxygen atoms in total. The molecule has 0 fully saturated rings. The first-order valence-electron chi connectivity index (χ1n) is 6.72. The first kappa shape index (κ1) is 14.6. The average molecular weight is 312 g/mol. The van der Waals surface area contributed by atoms with Gasteiger partial charge in [0.05, 0.1) is 21.7 Å². The molecule has 0 spiro atoms. The van der Waals surface area contributed by atoms with Gasteiger partial charge in [-0.2, -0.15) is 5.10 Å². The van der Waals surface area contributed by atoms with Crippen molar-refractivity contribution in [3.63, 3.8) is 0 Å². The lowest BCUT2D eigenvalue weighted by molar-refractivity contribution is -0.384. The topological polar surface area (TPSA) is 111 Å². The van der Waals surface area contributed by atoms with E-state index in [0.717, 1.165) is 5.56 Å². The maximum atomic E-state index is 11.2. The second-order valence-electron chi connectivity index (χ2n) is 5.13. The summed E-state index contributed by atoms with van der Waals surface area (Å²) in [5, 5.41) is 24.3. The van der Waals surface area contributed by atoms with E-state index < -0.39 is 10.9 Å². The highest BCUT2D eigenvalue weighted by atomic mass is 16.6. The van der Waals surface area contributed by atoms with Crippen molar-refractivity contribution in [1.82, 2.24) is 14.6 Å². The number of aryl methyl sites for hydroxylation is 2. The van der Waals surface area contributed by atoms with E-state index in [9.17, 15) is 14.9 Å². The molecular formula is C15H12N4O4. The Bertz CT molecular complexity index is 962. The van der Waals surface area contributed by atoms with Gasteiger partial charge >= 0.3 is 5.97 Å². The van der Waals surface area contributed by atoms with Gasteiger partial charge in [-0.1, -0.05) is 6.07 Å². The van der Waals surface area contributed by atoms with Crippen molar-refractivity contribution in [2.45, 2.75) is 13.8 Å². The molecule has 3 aromatic rings. The Balaban J connectivity index is 2.33. The number of hydrogen-bond acceptors (Lipinski definition) is 5. The number of carbonyl (C=O) groups is 1. The smallest absolute Gasteiger partial charge is 0.337 e. The SMILES string of the molecule is Cc1nc(-c2cc([N+](=O)[O-])ccc2C)c2cc(C(=O)O)cn2n1.